The van der Waals surface area contributed by atoms with Crippen molar-refractivity contribution < 1.29 is 35.9 Å². The average Bonchev–Trinajstić information content (AvgIpc) is 1.91. The minimum absolute atomic E-state index is 1.03. The predicted octanol–water partition coefficient (Wildman–Crippen LogP) is 3.10. The number of hydrogen-bond donors (Lipinski definition) is 0. The quantitative estimate of drug-likeness (QED) is 0.683. The van der Waals surface area contributed by atoms with Gasteiger partial charge in [-0.3, -0.25) is 0 Å². The van der Waals surface area contributed by atoms with Gasteiger partial charge in [-0.15, -0.1) is 0 Å². The van der Waals surface area contributed by atoms with Gasteiger partial charge >= 0.3 is 84.9 Å². The first-order valence-corrected chi connectivity index (χ1v) is 7.80. The van der Waals surface area contributed by atoms with E-state index in [2.05, 4.69) is 49.7 Å². The van der Waals surface area contributed by atoms with Crippen molar-refractivity contribution in [2.24, 2.45) is 0 Å². The summed E-state index contributed by atoms with van der Waals surface area (Å²) in [7, 11) is 0. The van der Waals surface area contributed by atoms with Crippen molar-refractivity contribution in [3.8, 4) is 0 Å². The second-order valence-electron chi connectivity index (χ2n) is 2.34. The second-order valence-corrected chi connectivity index (χ2v) is 5.20. The van der Waals surface area contributed by atoms with Gasteiger partial charge < -0.3 is 0 Å². The van der Waals surface area contributed by atoms with E-state index in [0.717, 1.165) is 9.51 Å². The molecule has 0 aliphatic carbocycles. The topological polar surface area (TPSA) is 0 Å². The maximum atomic E-state index is 2.32. The molecular formula is C7H16PTb. The first-order valence-electron chi connectivity index (χ1n) is 3.69. The molecule has 0 spiro atoms. The molecule has 0 fully saturated rings. The summed E-state index contributed by atoms with van der Waals surface area (Å²) in [5.41, 5.74) is 1.03. The number of hydrogen-bond acceptors (Lipinski definition) is 0. The van der Waals surface area contributed by atoms with Crippen LogP contribution in [0.5, 0.6) is 0 Å². The molecule has 0 amide bonds. The van der Waals surface area contributed by atoms with Crippen LogP contribution in [-0.4, -0.2) is 5.66 Å². The van der Waals surface area contributed by atoms with Crippen molar-refractivity contribution >= 4 is 3.85 Å². The Labute approximate surface area is 84.1 Å². The van der Waals surface area contributed by atoms with Crippen LogP contribution in [0.3, 0.4) is 0 Å². The van der Waals surface area contributed by atoms with Gasteiger partial charge in [-0.2, -0.15) is 0 Å². The summed E-state index contributed by atoms with van der Waals surface area (Å²) in [5.74, 6) is 0. The molecule has 0 bridgehead atoms. The Bertz CT molecular complexity index is 52.9. The molecule has 0 heterocycles. The van der Waals surface area contributed by atoms with E-state index in [1.54, 1.807) is 0 Å². The fraction of sp³-hybridized carbons (Fsp3) is 1.00. The first-order chi connectivity index (χ1) is 4.35. The van der Waals surface area contributed by atoms with E-state index in [1.807, 2.05) is 0 Å². The van der Waals surface area contributed by atoms with E-state index in [4.69, 9.17) is 0 Å². The zero-order valence-electron chi connectivity index (χ0n) is 6.24. The van der Waals surface area contributed by atoms with Gasteiger partial charge in [0.1, 0.15) is 0 Å². The molecule has 0 rings (SSSR count). The monoisotopic (exact) mass is 290 g/mol. The standard InChI is InChI=1S/C7H16P.Tb/c1-3-5-6-7(8)4-2;/h7-8H,3-6H2,1-2H3;/q-1;+1. The zero-order valence-corrected chi connectivity index (χ0v) is 9.38. The predicted molar refractivity (Wildman–Crippen MR) is 41.9 cm³/mol. The molecule has 0 aliphatic heterocycles. The van der Waals surface area contributed by atoms with Crippen LogP contribution in [0.25, 0.3) is 0 Å². The zero-order chi connectivity index (χ0) is 7.11. The van der Waals surface area contributed by atoms with E-state index in [1.165, 1.54) is 25.7 Å². The minimum atomic E-state index is 1.03. The molecule has 2 heteroatoms. The third kappa shape index (κ3) is 6.13. The molecule has 2 unspecified atom stereocenters. The SMILES string of the molecule is CCCCC(CC)[PH][Tb]. The summed E-state index contributed by atoms with van der Waals surface area (Å²) in [4.78, 5) is 0. The molecule has 58 valence electrons. The van der Waals surface area contributed by atoms with Crippen LogP contribution >= 0.6 is 3.85 Å². The van der Waals surface area contributed by atoms with Crippen molar-refractivity contribution in [1.29, 1.82) is 0 Å². The van der Waals surface area contributed by atoms with Crippen LogP contribution in [-0.2, 0) is 0 Å². The van der Waals surface area contributed by atoms with E-state index in [-0.39, 0.29) is 0 Å². The molecular weight excluding hydrogens is 274 g/mol. The molecule has 0 N–H and O–H groups in total. The summed E-state index contributed by atoms with van der Waals surface area (Å²) in [5, 5.41) is 0. The van der Waals surface area contributed by atoms with Crippen molar-refractivity contribution in [3.63, 3.8) is 0 Å². The molecule has 0 aromatic heterocycles. The van der Waals surface area contributed by atoms with Crippen LogP contribution in [0.2, 0.25) is 0 Å². The van der Waals surface area contributed by atoms with Crippen molar-refractivity contribution in [1.82, 2.24) is 0 Å². The Morgan fingerprint density at radius 1 is 1.44 bits per heavy atom. The molecule has 0 aromatic rings. The van der Waals surface area contributed by atoms with Gasteiger partial charge in [0.05, 0.1) is 0 Å². The van der Waals surface area contributed by atoms with Gasteiger partial charge in [-0.05, 0) is 0 Å². The Kier molecular flexibility index (Phi) is 9.31. The molecule has 9 heavy (non-hydrogen) atoms. The molecule has 0 saturated heterocycles. The Morgan fingerprint density at radius 3 is 2.44 bits per heavy atom. The van der Waals surface area contributed by atoms with E-state index < -0.39 is 0 Å². The molecule has 0 aliphatic rings. The second kappa shape index (κ2) is 7.82. The maximum absolute atomic E-state index is 2.32. The van der Waals surface area contributed by atoms with Crippen molar-refractivity contribution in [2.45, 2.75) is 45.2 Å². The van der Waals surface area contributed by atoms with Crippen LogP contribution in [0, 0.1) is 35.9 Å². The Morgan fingerprint density at radius 2 is 2.11 bits per heavy atom. The Balaban J connectivity index is 3.09. The van der Waals surface area contributed by atoms with Gasteiger partial charge in [0.25, 0.3) is 0 Å². The van der Waals surface area contributed by atoms with Crippen molar-refractivity contribution in [2.75, 3.05) is 0 Å². The van der Waals surface area contributed by atoms with Crippen LogP contribution < -0.4 is 0 Å². The number of unbranched alkanes of at least 4 members (excludes halogenated alkanes) is 1. The van der Waals surface area contributed by atoms with Gasteiger partial charge in [0.2, 0.25) is 0 Å². The van der Waals surface area contributed by atoms with Gasteiger partial charge in [0, 0.05) is 0 Å². The fourth-order valence-electron chi connectivity index (χ4n) is 0.771. The van der Waals surface area contributed by atoms with Crippen LogP contribution in [0.15, 0.2) is 0 Å². The molecule has 0 saturated carbocycles. The van der Waals surface area contributed by atoms with Crippen LogP contribution in [0.1, 0.15) is 39.5 Å². The molecule has 0 nitrogen and oxygen atoms in total. The van der Waals surface area contributed by atoms with Gasteiger partial charge in [-0.25, -0.2) is 0 Å². The van der Waals surface area contributed by atoms with Crippen LogP contribution in [0.4, 0.5) is 0 Å². The third-order valence-corrected chi connectivity index (χ3v) is 5.12. The Hall–Kier alpha value is 1.72. The van der Waals surface area contributed by atoms with Gasteiger partial charge in [-0.1, -0.05) is 0 Å². The summed E-state index contributed by atoms with van der Waals surface area (Å²) in [6.07, 6.45) is 5.64. The van der Waals surface area contributed by atoms with Crippen molar-refractivity contribution in [3.05, 3.63) is 0 Å². The molecule has 2 atom stereocenters. The van der Waals surface area contributed by atoms with E-state index in [9.17, 15) is 0 Å². The van der Waals surface area contributed by atoms with Gasteiger partial charge in [0.15, 0.2) is 0 Å². The number of rotatable bonds is 5. The first kappa shape index (κ1) is 10.7. The average molecular weight is 290 g/mol. The summed E-state index contributed by atoms with van der Waals surface area (Å²) < 4.78 is 1.16. The summed E-state index contributed by atoms with van der Waals surface area (Å²) >= 11 is 2.32. The van der Waals surface area contributed by atoms with E-state index >= 15 is 0 Å². The van der Waals surface area contributed by atoms with E-state index in [0.29, 0.717) is 0 Å². The molecule has 0 radical (unpaired) electrons. The molecule has 0 aromatic carbocycles. The fourth-order valence-corrected chi connectivity index (χ4v) is 3.44. The third-order valence-electron chi connectivity index (χ3n) is 1.54. The summed E-state index contributed by atoms with van der Waals surface area (Å²) in [6, 6.07) is 0. The summed E-state index contributed by atoms with van der Waals surface area (Å²) in [6.45, 7) is 4.57. The normalized spacial score (nSPS) is 15.1.